The Bertz CT molecular complexity index is 724. The molecule has 2 atom stereocenters. The Morgan fingerprint density at radius 2 is 1.84 bits per heavy atom. The monoisotopic (exact) mass is 339 g/mol. The van der Waals surface area contributed by atoms with Crippen LogP contribution in [0.25, 0.3) is 0 Å². The van der Waals surface area contributed by atoms with Crippen LogP contribution >= 0.6 is 0 Å². The Hall–Kier alpha value is -2.29. The predicted molar refractivity (Wildman–Crippen MR) is 103 cm³/mol. The molecule has 2 aromatic rings. The van der Waals surface area contributed by atoms with E-state index < -0.39 is 6.10 Å². The normalized spacial score (nSPS) is 13.2. The number of hydrogen-bond donors (Lipinski definition) is 1. The van der Waals surface area contributed by atoms with Crippen LogP contribution in [0, 0.1) is 13.8 Å². The number of benzene rings is 2. The molecule has 0 fully saturated rings. The molecule has 3 nitrogen and oxygen atoms in total. The van der Waals surface area contributed by atoms with Gasteiger partial charge in [0, 0.05) is 0 Å². The summed E-state index contributed by atoms with van der Waals surface area (Å²) < 4.78 is 5.92. The maximum Gasteiger partial charge on any atom is 0.261 e. The summed E-state index contributed by atoms with van der Waals surface area (Å²) >= 11 is 0. The van der Waals surface area contributed by atoms with Gasteiger partial charge in [-0.3, -0.25) is 4.79 Å². The smallest absolute Gasteiger partial charge is 0.261 e. The third-order valence-electron chi connectivity index (χ3n) is 4.55. The molecule has 0 aliphatic rings. The fourth-order valence-electron chi connectivity index (χ4n) is 3.06. The number of carbonyl (C=O) groups is 1. The third kappa shape index (κ3) is 4.85. The van der Waals surface area contributed by atoms with Gasteiger partial charge in [-0.25, -0.2) is 0 Å². The summed E-state index contributed by atoms with van der Waals surface area (Å²) in [5.41, 5.74) is 4.72. The number of hydrogen-bond acceptors (Lipinski definition) is 2. The molecule has 0 spiro atoms. The molecule has 1 amide bonds. The molecule has 1 N–H and O–H groups in total. The van der Waals surface area contributed by atoms with Gasteiger partial charge < -0.3 is 10.1 Å². The van der Waals surface area contributed by atoms with Gasteiger partial charge in [0.2, 0.25) is 0 Å². The van der Waals surface area contributed by atoms with Crippen LogP contribution in [0.5, 0.6) is 5.75 Å². The Morgan fingerprint density at radius 1 is 1.12 bits per heavy atom. The molecule has 25 heavy (non-hydrogen) atoms. The second-order valence-electron chi connectivity index (χ2n) is 6.55. The van der Waals surface area contributed by atoms with Crippen molar-refractivity contribution in [2.75, 3.05) is 0 Å². The first-order valence-electron chi connectivity index (χ1n) is 9.08. The number of ether oxygens (including phenoxy) is 1. The molecule has 0 aliphatic heterocycles. The van der Waals surface area contributed by atoms with Crippen molar-refractivity contribution in [1.29, 1.82) is 0 Å². The topological polar surface area (TPSA) is 38.3 Å². The Labute approximate surface area is 151 Å². The molecule has 0 aromatic heterocycles. The van der Waals surface area contributed by atoms with Crippen molar-refractivity contribution >= 4 is 5.91 Å². The fourth-order valence-corrected chi connectivity index (χ4v) is 3.06. The van der Waals surface area contributed by atoms with Crippen LogP contribution in [-0.2, 0) is 11.2 Å². The fraction of sp³-hybridized carbons (Fsp3) is 0.409. The maximum absolute atomic E-state index is 12.6. The van der Waals surface area contributed by atoms with Gasteiger partial charge in [-0.2, -0.15) is 0 Å². The Balaban J connectivity index is 2.08. The van der Waals surface area contributed by atoms with E-state index in [9.17, 15) is 4.79 Å². The van der Waals surface area contributed by atoms with E-state index in [1.165, 1.54) is 16.7 Å². The standard InChI is InChI=1S/C22H29NO2/c1-6-18-10-8-9-11-21(18)25-17(5)22(24)23-20(7-2)19-13-12-15(3)14-16(19)4/h8-14,17,20H,6-7H2,1-5H3,(H,23,24)/t17-,20-/m1/s1. The van der Waals surface area contributed by atoms with Crippen LogP contribution in [0.2, 0.25) is 0 Å². The minimum absolute atomic E-state index is 0.000527. The number of aryl methyl sites for hydroxylation is 3. The number of amides is 1. The largest absolute Gasteiger partial charge is 0.481 e. The molecule has 3 heteroatoms. The lowest BCUT2D eigenvalue weighted by Crippen LogP contribution is -2.38. The van der Waals surface area contributed by atoms with Crippen LogP contribution in [0.3, 0.4) is 0 Å². The van der Waals surface area contributed by atoms with E-state index in [0.29, 0.717) is 0 Å². The summed E-state index contributed by atoms with van der Waals surface area (Å²) in [6, 6.07) is 14.2. The minimum Gasteiger partial charge on any atom is -0.481 e. The Kier molecular flexibility index (Phi) is 6.63. The first-order chi connectivity index (χ1) is 12.0. The van der Waals surface area contributed by atoms with Crippen molar-refractivity contribution in [2.45, 2.75) is 59.6 Å². The third-order valence-corrected chi connectivity index (χ3v) is 4.55. The molecule has 0 saturated carbocycles. The van der Waals surface area contributed by atoms with E-state index in [0.717, 1.165) is 24.2 Å². The summed E-state index contributed by atoms with van der Waals surface area (Å²) in [6.07, 6.45) is 1.19. The molecule has 0 saturated heterocycles. The highest BCUT2D eigenvalue weighted by atomic mass is 16.5. The van der Waals surface area contributed by atoms with E-state index in [-0.39, 0.29) is 11.9 Å². The summed E-state index contributed by atoms with van der Waals surface area (Å²) in [5, 5.41) is 3.14. The quantitative estimate of drug-likeness (QED) is 0.779. The van der Waals surface area contributed by atoms with Gasteiger partial charge in [0.25, 0.3) is 5.91 Å². The van der Waals surface area contributed by atoms with Crippen LogP contribution in [-0.4, -0.2) is 12.0 Å². The highest BCUT2D eigenvalue weighted by Crippen LogP contribution is 2.23. The molecule has 0 bridgehead atoms. The zero-order valence-corrected chi connectivity index (χ0v) is 15.9. The summed E-state index contributed by atoms with van der Waals surface area (Å²) in [6.45, 7) is 10.1. The second-order valence-corrected chi connectivity index (χ2v) is 6.55. The van der Waals surface area contributed by atoms with E-state index in [1.807, 2.05) is 24.3 Å². The summed E-state index contributed by atoms with van der Waals surface area (Å²) in [4.78, 5) is 12.6. The molecular formula is C22H29NO2. The summed E-state index contributed by atoms with van der Waals surface area (Å²) in [7, 11) is 0. The van der Waals surface area contributed by atoms with E-state index >= 15 is 0 Å². The van der Waals surface area contributed by atoms with Crippen LogP contribution in [0.1, 0.15) is 55.5 Å². The highest BCUT2D eigenvalue weighted by molar-refractivity contribution is 5.81. The maximum atomic E-state index is 12.6. The van der Waals surface area contributed by atoms with Gasteiger partial charge in [-0.05, 0) is 56.4 Å². The molecular weight excluding hydrogens is 310 g/mol. The van der Waals surface area contributed by atoms with Crippen LogP contribution in [0.4, 0.5) is 0 Å². The van der Waals surface area contributed by atoms with Crippen molar-refractivity contribution in [3.05, 3.63) is 64.7 Å². The number of rotatable bonds is 7. The molecule has 0 heterocycles. The van der Waals surface area contributed by atoms with Gasteiger partial charge in [-0.15, -0.1) is 0 Å². The lowest BCUT2D eigenvalue weighted by Gasteiger charge is -2.23. The van der Waals surface area contributed by atoms with E-state index in [2.05, 4.69) is 51.2 Å². The van der Waals surface area contributed by atoms with Crippen molar-refractivity contribution < 1.29 is 9.53 Å². The highest BCUT2D eigenvalue weighted by Gasteiger charge is 2.21. The molecule has 0 unspecified atom stereocenters. The van der Waals surface area contributed by atoms with Gasteiger partial charge >= 0.3 is 0 Å². The Morgan fingerprint density at radius 3 is 2.48 bits per heavy atom. The first kappa shape index (κ1) is 19.0. The van der Waals surface area contributed by atoms with Gasteiger partial charge in [0.1, 0.15) is 5.75 Å². The first-order valence-corrected chi connectivity index (χ1v) is 9.08. The number of carbonyl (C=O) groups excluding carboxylic acids is 1. The number of para-hydroxylation sites is 1. The van der Waals surface area contributed by atoms with Crippen LogP contribution < -0.4 is 10.1 Å². The van der Waals surface area contributed by atoms with Crippen molar-refractivity contribution in [3.8, 4) is 5.75 Å². The lowest BCUT2D eigenvalue weighted by atomic mass is 9.97. The van der Waals surface area contributed by atoms with Crippen LogP contribution in [0.15, 0.2) is 42.5 Å². The molecule has 0 radical (unpaired) electrons. The van der Waals surface area contributed by atoms with Gasteiger partial charge in [0.05, 0.1) is 6.04 Å². The van der Waals surface area contributed by atoms with Gasteiger partial charge in [-0.1, -0.05) is 55.8 Å². The minimum atomic E-state index is -0.535. The van der Waals surface area contributed by atoms with Gasteiger partial charge in [0.15, 0.2) is 6.10 Å². The SMILES string of the molecule is CCc1ccccc1O[C@H](C)C(=O)N[C@H](CC)c1ccc(C)cc1C. The zero-order chi connectivity index (χ0) is 18.4. The second kappa shape index (κ2) is 8.70. The van der Waals surface area contributed by atoms with E-state index in [1.54, 1.807) is 6.92 Å². The molecule has 2 rings (SSSR count). The van der Waals surface area contributed by atoms with Crippen molar-refractivity contribution in [1.82, 2.24) is 5.32 Å². The summed E-state index contributed by atoms with van der Waals surface area (Å²) in [5.74, 6) is 0.699. The average Bonchev–Trinajstić information content (AvgIpc) is 2.60. The predicted octanol–water partition coefficient (Wildman–Crippen LogP) is 4.90. The zero-order valence-electron chi connectivity index (χ0n) is 15.9. The number of nitrogens with one attached hydrogen (secondary N) is 1. The van der Waals surface area contributed by atoms with Crippen molar-refractivity contribution in [2.24, 2.45) is 0 Å². The molecule has 2 aromatic carbocycles. The molecule has 134 valence electrons. The average molecular weight is 339 g/mol. The lowest BCUT2D eigenvalue weighted by molar-refractivity contribution is -0.128. The van der Waals surface area contributed by atoms with Crippen molar-refractivity contribution in [3.63, 3.8) is 0 Å². The molecule has 0 aliphatic carbocycles. The van der Waals surface area contributed by atoms with E-state index in [4.69, 9.17) is 4.74 Å².